The van der Waals surface area contributed by atoms with Crippen molar-refractivity contribution in [3.8, 4) is 0 Å². The summed E-state index contributed by atoms with van der Waals surface area (Å²) in [4.78, 5) is 26.2. The summed E-state index contributed by atoms with van der Waals surface area (Å²) in [5, 5.41) is 1.09. The molecule has 5 heteroatoms. The van der Waals surface area contributed by atoms with E-state index in [-0.39, 0.29) is 11.8 Å². The van der Waals surface area contributed by atoms with E-state index in [9.17, 15) is 4.79 Å². The fourth-order valence-electron chi connectivity index (χ4n) is 3.69. The lowest BCUT2D eigenvalue weighted by Crippen LogP contribution is -2.39. The van der Waals surface area contributed by atoms with E-state index in [1.165, 1.54) is 5.56 Å². The van der Waals surface area contributed by atoms with Crippen molar-refractivity contribution < 1.29 is 4.79 Å². The molecule has 25 heavy (non-hydrogen) atoms. The van der Waals surface area contributed by atoms with Crippen molar-refractivity contribution >= 4 is 16.8 Å². The third-order valence-electron chi connectivity index (χ3n) is 5.25. The summed E-state index contributed by atoms with van der Waals surface area (Å²) in [7, 11) is 0. The first-order valence-electron chi connectivity index (χ1n) is 8.93. The molecule has 1 fully saturated rings. The molecule has 2 aromatic heterocycles. The van der Waals surface area contributed by atoms with Crippen LogP contribution in [0, 0.1) is 20.8 Å². The van der Waals surface area contributed by atoms with Gasteiger partial charge >= 0.3 is 0 Å². The third kappa shape index (κ3) is 2.95. The lowest BCUT2D eigenvalue weighted by atomic mass is 9.97. The van der Waals surface area contributed by atoms with E-state index in [0.717, 1.165) is 54.0 Å². The maximum absolute atomic E-state index is 13.0. The maximum Gasteiger partial charge on any atom is 0.270 e. The lowest BCUT2D eigenvalue weighted by Gasteiger charge is -2.31. The Kier molecular flexibility index (Phi) is 3.86. The van der Waals surface area contributed by atoms with Crippen LogP contribution in [0.1, 0.15) is 52.0 Å². The summed E-state index contributed by atoms with van der Waals surface area (Å²) in [6.07, 6.45) is 2.08. The Labute approximate surface area is 147 Å². The van der Waals surface area contributed by atoms with Gasteiger partial charge in [0.15, 0.2) is 0 Å². The lowest BCUT2D eigenvalue weighted by molar-refractivity contribution is 0.0700. The minimum atomic E-state index is 0.0820. The minimum absolute atomic E-state index is 0.0820. The number of imidazole rings is 1. The molecule has 3 heterocycles. The molecular formula is C20H24N4O. The van der Waals surface area contributed by atoms with Crippen LogP contribution in [-0.4, -0.2) is 38.8 Å². The number of H-pyrrole nitrogens is 2. The van der Waals surface area contributed by atoms with Crippen LogP contribution in [0.4, 0.5) is 0 Å². The smallest absolute Gasteiger partial charge is 0.270 e. The number of aromatic amines is 2. The zero-order valence-electron chi connectivity index (χ0n) is 15.0. The zero-order valence-corrected chi connectivity index (χ0v) is 15.0. The predicted molar refractivity (Wildman–Crippen MR) is 99.0 cm³/mol. The summed E-state index contributed by atoms with van der Waals surface area (Å²) >= 11 is 0. The van der Waals surface area contributed by atoms with Crippen LogP contribution in [0.3, 0.4) is 0 Å². The Morgan fingerprint density at radius 3 is 2.80 bits per heavy atom. The Morgan fingerprint density at radius 1 is 1.20 bits per heavy atom. The van der Waals surface area contributed by atoms with Crippen molar-refractivity contribution in [1.82, 2.24) is 19.9 Å². The number of nitrogens with one attached hydrogen (secondary N) is 2. The van der Waals surface area contributed by atoms with Gasteiger partial charge in [0.05, 0.1) is 5.69 Å². The van der Waals surface area contributed by atoms with E-state index in [2.05, 4.69) is 34.0 Å². The Balaban J connectivity index is 1.56. The van der Waals surface area contributed by atoms with Crippen LogP contribution < -0.4 is 0 Å². The molecule has 3 aromatic rings. The van der Waals surface area contributed by atoms with Crippen LogP contribution in [-0.2, 0) is 0 Å². The number of likely N-dealkylation sites (tertiary alicyclic amines) is 1. The summed E-state index contributed by atoms with van der Waals surface area (Å²) in [5.41, 5.74) is 5.05. The van der Waals surface area contributed by atoms with Crippen molar-refractivity contribution in [3.05, 3.63) is 52.7 Å². The molecule has 0 bridgehead atoms. The molecule has 130 valence electrons. The average Bonchev–Trinajstić information content (AvgIpc) is 3.17. The number of piperidine rings is 1. The number of aryl methyl sites for hydroxylation is 3. The average molecular weight is 336 g/mol. The van der Waals surface area contributed by atoms with Crippen molar-refractivity contribution in [1.29, 1.82) is 0 Å². The van der Waals surface area contributed by atoms with Gasteiger partial charge in [-0.15, -0.1) is 0 Å². The fraction of sp³-hybridized carbons (Fsp3) is 0.400. The van der Waals surface area contributed by atoms with Crippen molar-refractivity contribution in [3.63, 3.8) is 0 Å². The van der Waals surface area contributed by atoms with Crippen molar-refractivity contribution in [2.45, 2.75) is 39.5 Å². The number of aromatic nitrogens is 3. The Morgan fingerprint density at radius 2 is 2.04 bits per heavy atom. The maximum atomic E-state index is 13.0. The fourth-order valence-corrected chi connectivity index (χ4v) is 3.69. The number of hydrogen-bond donors (Lipinski definition) is 2. The van der Waals surface area contributed by atoms with Crippen LogP contribution in [0.2, 0.25) is 0 Å². The van der Waals surface area contributed by atoms with Crippen molar-refractivity contribution in [2.24, 2.45) is 0 Å². The zero-order chi connectivity index (χ0) is 17.6. The third-order valence-corrected chi connectivity index (χ3v) is 5.25. The summed E-state index contributed by atoms with van der Waals surface area (Å²) < 4.78 is 0. The Hall–Kier alpha value is -2.56. The van der Waals surface area contributed by atoms with Gasteiger partial charge in [0.1, 0.15) is 11.5 Å². The van der Waals surface area contributed by atoms with Gasteiger partial charge < -0.3 is 14.9 Å². The normalized spacial score (nSPS) is 18.0. The number of carbonyl (C=O) groups excluding carboxylic acids is 1. The number of hydrogen-bond acceptors (Lipinski definition) is 2. The molecule has 1 aromatic carbocycles. The number of amides is 1. The molecule has 1 aliphatic rings. The molecule has 5 nitrogen and oxygen atoms in total. The van der Waals surface area contributed by atoms with Gasteiger partial charge in [-0.25, -0.2) is 4.98 Å². The highest BCUT2D eigenvalue weighted by molar-refractivity contribution is 5.98. The van der Waals surface area contributed by atoms with Crippen LogP contribution in [0.25, 0.3) is 10.9 Å². The molecule has 1 amide bonds. The highest BCUT2D eigenvalue weighted by Gasteiger charge is 2.28. The molecule has 0 spiro atoms. The van der Waals surface area contributed by atoms with E-state index < -0.39 is 0 Å². The molecule has 2 N–H and O–H groups in total. The number of nitrogens with zero attached hydrogens (tertiary/aromatic N) is 2. The van der Waals surface area contributed by atoms with Crippen molar-refractivity contribution in [2.75, 3.05) is 13.1 Å². The second-order valence-electron chi connectivity index (χ2n) is 7.20. The van der Waals surface area contributed by atoms with Gasteiger partial charge in [-0.2, -0.15) is 0 Å². The Bertz CT molecular complexity index is 917. The topological polar surface area (TPSA) is 64.8 Å². The van der Waals surface area contributed by atoms with E-state index in [1.807, 2.05) is 30.9 Å². The summed E-state index contributed by atoms with van der Waals surface area (Å²) in [5.74, 6) is 1.38. The predicted octanol–water partition coefficient (Wildman–Crippen LogP) is 3.84. The first kappa shape index (κ1) is 15.9. The van der Waals surface area contributed by atoms with Crippen LogP contribution in [0.15, 0.2) is 24.3 Å². The minimum Gasteiger partial charge on any atom is -0.351 e. The molecule has 0 aliphatic carbocycles. The summed E-state index contributed by atoms with van der Waals surface area (Å²) in [6.45, 7) is 7.66. The summed E-state index contributed by atoms with van der Waals surface area (Å²) in [6, 6.07) is 8.17. The highest BCUT2D eigenvalue weighted by atomic mass is 16.2. The standard InChI is InChI=1S/C20H24N4O/c1-12-6-7-17-16(9-12)10-18(23-17)20(25)24-8-4-5-15(11-24)19-21-13(2)14(3)22-19/h6-7,9-10,15,23H,4-5,8,11H2,1-3H3,(H,21,22). The molecule has 1 atom stereocenters. The SMILES string of the molecule is Cc1ccc2[nH]c(C(=O)N3CCCC(c4nc(C)c(C)[nH]4)C3)cc2c1. The molecule has 1 unspecified atom stereocenters. The van der Waals surface area contributed by atoms with E-state index >= 15 is 0 Å². The van der Waals surface area contributed by atoms with E-state index in [1.54, 1.807) is 0 Å². The van der Waals surface area contributed by atoms with Gasteiger partial charge in [-0.3, -0.25) is 4.79 Å². The quantitative estimate of drug-likeness (QED) is 0.747. The molecule has 1 saturated heterocycles. The van der Waals surface area contributed by atoms with Crippen LogP contribution >= 0.6 is 0 Å². The van der Waals surface area contributed by atoms with Gasteiger partial charge in [0.25, 0.3) is 5.91 Å². The molecule has 0 radical (unpaired) electrons. The number of carbonyl (C=O) groups is 1. The number of rotatable bonds is 2. The largest absolute Gasteiger partial charge is 0.351 e. The van der Waals surface area contributed by atoms with Gasteiger partial charge in [0.2, 0.25) is 0 Å². The second-order valence-corrected chi connectivity index (χ2v) is 7.20. The van der Waals surface area contributed by atoms with E-state index in [4.69, 9.17) is 0 Å². The number of fused-ring (bicyclic) bond motifs is 1. The molecule has 4 rings (SSSR count). The highest BCUT2D eigenvalue weighted by Crippen LogP contribution is 2.27. The van der Waals surface area contributed by atoms with Crippen LogP contribution in [0.5, 0.6) is 0 Å². The van der Waals surface area contributed by atoms with Gasteiger partial charge in [-0.1, -0.05) is 11.6 Å². The van der Waals surface area contributed by atoms with E-state index in [0.29, 0.717) is 5.69 Å². The molecule has 1 aliphatic heterocycles. The van der Waals surface area contributed by atoms with Gasteiger partial charge in [-0.05, 0) is 51.8 Å². The molecular weight excluding hydrogens is 312 g/mol. The second kappa shape index (κ2) is 6.06. The molecule has 0 saturated carbocycles. The number of benzene rings is 1. The van der Waals surface area contributed by atoms with Gasteiger partial charge in [0, 0.05) is 35.6 Å². The first-order chi connectivity index (χ1) is 12.0. The first-order valence-corrected chi connectivity index (χ1v) is 8.93. The monoisotopic (exact) mass is 336 g/mol.